The smallest absolute Gasteiger partial charge is 0.258 e. The third-order valence-corrected chi connectivity index (χ3v) is 8.54. The first-order valence-corrected chi connectivity index (χ1v) is 14.7. The van der Waals surface area contributed by atoms with Crippen molar-refractivity contribution in [3.63, 3.8) is 0 Å². The molecule has 0 radical (unpaired) electrons. The van der Waals surface area contributed by atoms with E-state index in [0.717, 1.165) is 37.1 Å². The van der Waals surface area contributed by atoms with Crippen LogP contribution in [0.2, 0.25) is 10.0 Å². The van der Waals surface area contributed by atoms with Gasteiger partial charge >= 0.3 is 0 Å². The molecule has 8 heteroatoms. The van der Waals surface area contributed by atoms with Crippen molar-refractivity contribution < 1.29 is 9.59 Å². The topological polar surface area (TPSA) is 52.7 Å². The van der Waals surface area contributed by atoms with E-state index < -0.39 is 0 Å². The molecule has 1 fully saturated rings. The Morgan fingerprint density at radius 2 is 1.68 bits per heavy atom. The van der Waals surface area contributed by atoms with Crippen molar-refractivity contribution in [3.8, 4) is 0 Å². The lowest BCUT2D eigenvalue weighted by atomic mass is 9.90. The zero-order valence-corrected chi connectivity index (χ0v) is 25.1. The second kappa shape index (κ2) is 13.9. The van der Waals surface area contributed by atoms with E-state index in [1.165, 1.54) is 37.9 Å². The zero-order chi connectivity index (χ0) is 27.4. The van der Waals surface area contributed by atoms with Crippen molar-refractivity contribution in [2.24, 2.45) is 0 Å². The first-order valence-electron chi connectivity index (χ1n) is 13.9. The van der Waals surface area contributed by atoms with Gasteiger partial charge in [-0.3, -0.25) is 9.59 Å². The molecule has 3 aromatic rings. The molecule has 0 spiro atoms. The lowest BCUT2D eigenvalue weighted by Crippen LogP contribution is -2.32. The molecule has 0 bridgehead atoms. The van der Waals surface area contributed by atoms with Gasteiger partial charge in [0.15, 0.2) is 0 Å². The molecule has 2 amide bonds. The quantitative estimate of drug-likeness (QED) is 0.309. The number of aryl methyl sites for hydroxylation is 1. The number of benzene rings is 3. The Labute approximate surface area is 253 Å². The van der Waals surface area contributed by atoms with Crippen molar-refractivity contribution in [2.75, 3.05) is 36.4 Å². The van der Waals surface area contributed by atoms with E-state index in [4.69, 9.17) is 23.2 Å². The summed E-state index contributed by atoms with van der Waals surface area (Å²) in [6, 6.07) is 18.3. The molecule has 2 aliphatic rings. The number of hydrogen-bond donors (Lipinski definition) is 1. The lowest BCUT2D eigenvalue weighted by molar-refractivity contribution is 0.0985. The van der Waals surface area contributed by atoms with E-state index >= 15 is 0 Å². The number of carbonyl (C=O) groups excluding carboxylic acids is 2. The van der Waals surface area contributed by atoms with Crippen LogP contribution in [0.1, 0.15) is 76.3 Å². The predicted molar refractivity (Wildman–Crippen MR) is 168 cm³/mol. The summed E-state index contributed by atoms with van der Waals surface area (Å²) in [5.41, 5.74) is 4.59. The van der Waals surface area contributed by atoms with Crippen LogP contribution >= 0.6 is 35.6 Å². The molecule has 1 atom stereocenters. The van der Waals surface area contributed by atoms with Gasteiger partial charge in [0.25, 0.3) is 11.8 Å². The van der Waals surface area contributed by atoms with E-state index in [0.29, 0.717) is 39.3 Å². The van der Waals surface area contributed by atoms with Gasteiger partial charge in [0.1, 0.15) is 0 Å². The summed E-state index contributed by atoms with van der Waals surface area (Å²) < 4.78 is 0. The number of carbonyl (C=O) groups is 2. The van der Waals surface area contributed by atoms with Gasteiger partial charge in [-0.1, -0.05) is 41.8 Å². The van der Waals surface area contributed by atoms with Gasteiger partial charge < -0.3 is 15.1 Å². The molecule has 40 heavy (non-hydrogen) atoms. The fourth-order valence-corrected chi connectivity index (χ4v) is 6.27. The van der Waals surface area contributed by atoms with Crippen LogP contribution < -0.4 is 10.2 Å². The summed E-state index contributed by atoms with van der Waals surface area (Å²) in [5, 5.41) is 4.00. The fourth-order valence-electron chi connectivity index (χ4n) is 5.87. The van der Waals surface area contributed by atoms with Crippen LogP contribution in [0.15, 0.2) is 60.7 Å². The number of amides is 2. The second-order valence-corrected chi connectivity index (χ2v) is 11.5. The Bertz CT molecular complexity index is 1360. The average molecular weight is 601 g/mol. The third-order valence-electron chi connectivity index (χ3n) is 7.98. The lowest BCUT2D eigenvalue weighted by Gasteiger charge is -2.29. The molecule has 0 aliphatic carbocycles. The SMILES string of the molecule is Cc1cc(NC(=O)c2ccccc2Cl)ccc1C(=O)N1CCCC(CCN2CCCCC2)c2cc(Cl)ccc21.Cl. The van der Waals surface area contributed by atoms with Gasteiger partial charge in [0.2, 0.25) is 0 Å². The Morgan fingerprint density at radius 1 is 0.900 bits per heavy atom. The van der Waals surface area contributed by atoms with E-state index in [1.807, 2.05) is 30.0 Å². The predicted octanol–water partition coefficient (Wildman–Crippen LogP) is 8.38. The van der Waals surface area contributed by atoms with E-state index in [1.54, 1.807) is 36.4 Å². The van der Waals surface area contributed by atoms with E-state index in [2.05, 4.69) is 16.3 Å². The van der Waals surface area contributed by atoms with E-state index in [-0.39, 0.29) is 24.2 Å². The normalized spacial score (nSPS) is 17.4. The van der Waals surface area contributed by atoms with Crippen LogP contribution in [-0.2, 0) is 0 Å². The maximum Gasteiger partial charge on any atom is 0.258 e. The van der Waals surface area contributed by atoms with Gasteiger partial charge in [0.05, 0.1) is 10.6 Å². The summed E-state index contributed by atoms with van der Waals surface area (Å²) in [5.74, 6) is 0.0617. The Kier molecular flexibility index (Phi) is 10.5. The molecule has 5 rings (SSSR count). The van der Waals surface area contributed by atoms with Gasteiger partial charge in [-0.25, -0.2) is 0 Å². The van der Waals surface area contributed by atoms with Gasteiger partial charge in [-0.05, 0) is 124 Å². The first-order chi connectivity index (χ1) is 18.9. The van der Waals surface area contributed by atoms with Crippen molar-refractivity contribution in [2.45, 2.75) is 51.4 Å². The highest BCUT2D eigenvalue weighted by atomic mass is 35.5. The van der Waals surface area contributed by atoms with Gasteiger partial charge in [0, 0.05) is 28.5 Å². The summed E-state index contributed by atoms with van der Waals surface area (Å²) >= 11 is 12.7. The van der Waals surface area contributed by atoms with Crippen LogP contribution in [0.4, 0.5) is 11.4 Å². The molecule has 3 aromatic carbocycles. The summed E-state index contributed by atoms with van der Waals surface area (Å²) in [6.07, 6.45) is 6.97. The van der Waals surface area contributed by atoms with Crippen LogP contribution in [0, 0.1) is 6.92 Å². The average Bonchev–Trinajstić information content (AvgIpc) is 3.11. The van der Waals surface area contributed by atoms with Crippen molar-refractivity contribution >= 4 is 58.8 Å². The van der Waals surface area contributed by atoms with Gasteiger partial charge in [-0.2, -0.15) is 0 Å². The second-order valence-electron chi connectivity index (χ2n) is 10.7. The molecular weight excluding hydrogens is 565 g/mol. The third kappa shape index (κ3) is 7.01. The highest BCUT2D eigenvalue weighted by Gasteiger charge is 2.28. The standard InChI is InChI=1S/C32H35Cl2N3O2.ClH/c1-22-20-25(35-31(38)27-9-3-4-10-29(27)34)12-13-26(22)32(39)37-18-7-8-23(15-19-36-16-5-2-6-17-36)28-21-24(33)11-14-30(28)37;/h3-4,9-14,20-21,23H,2,5-8,15-19H2,1H3,(H,35,38);1H. The molecule has 2 heterocycles. The van der Waals surface area contributed by atoms with Crippen LogP contribution in [0.25, 0.3) is 0 Å². The minimum absolute atomic E-state index is 0. The molecule has 1 N–H and O–H groups in total. The minimum Gasteiger partial charge on any atom is -0.322 e. The van der Waals surface area contributed by atoms with Crippen molar-refractivity contribution in [1.82, 2.24) is 4.90 Å². The number of nitrogens with one attached hydrogen (secondary N) is 1. The number of anilines is 2. The van der Waals surface area contributed by atoms with Crippen molar-refractivity contribution in [1.29, 1.82) is 0 Å². The minimum atomic E-state index is -0.284. The summed E-state index contributed by atoms with van der Waals surface area (Å²) in [6.45, 7) is 6.03. The molecule has 1 saturated heterocycles. The van der Waals surface area contributed by atoms with Crippen molar-refractivity contribution in [3.05, 3.63) is 93.0 Å². The Morgan fingerprint density at radius 3 is 2.42 bits per heavy atom. The van der Waals surface area contributed by atoms with Crippen LogP contribution in [0.3, 0.4) is 0 Å². The number of nitrogens with zero attached hydrogens (tertiary/aromatic N) is 2. The number of piperidine rings is 1. The molecule has 5 nitrogen and oxygen atoms in total. The molecule has 0 aromatic heterocycles. The number of rotatable bonds is 6. The number of halogens is 3. The monoisotopic (exact) mass is 599 g/mol. The number of hydrogen-bond acceptors (Lipinski definition) is 3. The first kappa shape index (κ1) is 30.4. The fraction of sp³-hybridized carbons (Fsp3) is 0.375. The number of likely N-dealkylation sites (tertiary alicyclic amines) is 1. The van der Waals surface area contributed by atoms with Crippen LogP contribution in [0.5, 0.6) is 0 Å². The number of fused-ring (bicyclic) bond motifs is 1. The summed E-state index contributed by atoms with van der Waals surface area (Å²) in [7, 11) is 0. The van der Waals surface area contributed by atoms with Crippen LogP contribution in [-0.4, -0.2) is 42.9 Å². The zero-order valence-electron chi connectivity index (χ0n) is 22.8. The summed E-state index contributed by atoms with van der Waals surface area (Å²) in [4.78, 5) is 31.1. The highest BCUT2D eigenvalue weighted by molar-refractivity contribution is 6.34. The maximum absolute atomic E-state index is 13.9. The molecule has 0 saturated carbocycles. The molecule has 2 aliphatic heterocycles. The van der Waals surface area contributed by atoms with Gasteiger partial charge in [-0.15, -0.1) is 12.4 Å². The molecular formula is C32H36Cl3N3O2. The molecule has 1 unspecified atom stereocenters. The maximum atomic E-state index is 13.9. The Hall–Kier alpha value is -2.57. The highest BCUT2D eigenvalue weighted by Crippen LogP contribution is 2.39. The Balaban J connectivity index is 0.00000370. The largest absolute Gasteiger partial charge is 0.322 e. The van der Waals surface area contributed by atoms with E-state index in [9.17, 15) is 9.59 Å². The molecule has 212 valence electrons.